The Kier molecular flexibility index (Phi) is 10.8. The fraction of sp³-hybridized carbons (Fsp3) is 0.143. The summed E-state index contributed by atoms with van der Waals surface area (Å²) >= 11 is 7.53. The summed E-state index contributed by atoms with van der Waals surface area (Å²) in [5.41, 5.74) is 6.59. The number of nitrogens with zero attached hydrogens (tertiary/aromatic N) is 1. The fourth-order valence-corrected chi connectivity index (χ4v) is 8.89. The number of imide groups is 1. The molecule has 2 amide bonds. The lowest BCUT2D eigenvalue weighted by molar-refractivity contribution is -0.115. The van der Waals surface area contributed by atoms with E-state index in [4.69, 9.17) is 16.3 Å². The van der Waals surface area contributed by atoms with Crippen molar-refractivity contribution in [2.45, 2.75) is 30.7 Å². The first-order valence-corrected chi connectivity index (χ1v) is 19.8. The molecule has 0 radical (unpaired) electrons. The molecule has 1 aliphatic heterocycles. The zero-order valence-corrected chi connectivity index (χ0v) is 31.2. The number of carbonyl (C=O) groups is 2. The van der Waals surface area contributed by atoms with Crippen LogP contribution < -0.4 is 14.8 Å². The van der Waals surface area contributed by atoms with Gasteiger partial charge in [-0.2, -0.15) is 0 Å². The Hall–Kier alpha value is -5.13. The van der Waals surface area contributed by atoms with Gasteiger partial charge in [0, 0.05) is 41.0 Å². The average Bonchev–Trinajstić information content (AvgIpc) is 3.63. The zero-order chi connectivity index (χ0) is 37.0. The molecule has 0 spiro atoms. The molecule has 0 unspecified atom stereocenters. The predicted molar refractivity (Wildman–Crippen MR) is 212 cm³/mol. The number of hydrogen-bond acceptors (Lipinski definition) is 6. The highest BCUT2D eigenvalue weighted by molar-refractivity contribution is 8.18. The molecule has 11 heteroatoms. The van der Waals surface area contributed by atoms with Gasteiger partial charge < -0.3 is 9.30 Å². The third-order valence-corrected chi connectivity index (χ3v) is 11.8. The van der Waals surface area contributed by atoms with Gasteiger partial charge in [-0.15, -0.1) is 0 Å². The lowest BCUT2D eigenvalue weighted by Gasteiger charge is -2.25. The number of benzene rings is 5. The fourth-order valence-electron chi connectivity index (χ4n) is 6.76. The molecule has 0 bridgehead atoms. The predicted octanol–water partition coefficient (Wildman–Crippen LogP) is 8.71. The summed E-state index contributed by atoms with van der Waals surface area (Å²) < 4.78 is 38.4. The second kappa shape index (κ2) is 15.9. The van der Waals surface area contributed by atoms with Crippen molar-refractivity contribution in [2.75, 3.05) is 13.2 Å². The minimum Gasteiger partial charge on any atom is -0.493 e. The van der Waals surface area contributed by atoms with Crippen LogP contribution in [0.2, 0.25) is 5.02 Å². The first-order valence-electron chi connectivity index (χ1n) is 17.1. The van der Waals surface area contributed by atoms with Crippen LogP contribution in [-0.2, 0) is 27.7 Å². The van der Waals surface area contributed by atoms with Gasteiger partial charge in [-0.3, -0.25) is 14.9 Å². The number of hydrogen-bond donors (Lipinski definition) is 2. The average molecular weight is 762 g/mol. The second-order valence-corrected chi connectivity index (χ2v) is 15.8. The van der Waals surface area contributed by atoms with E-state index in [-0.39, 0.29) is 22.7 Å². The monoisotopic (exact) mass is 761 g/mol. The molecule has 1 aliphatic rings. The van der Waals surface area contributed by atoms with Crippen molar-refractivity contribution in [3.63, 3.8) is 0 Å². The van der Waals surface area contributed by atoms with Gasteiger partial charge in [-0.1, -0.05) is 103 Å². The number of fused-ring (bicyclic) bond motifs is 1. The van der Waals surface area contributed by atoms with E-state index in [1.54, 1.807) is 31.2 Å². The van der Waals surface area contributed by atoms with Gasteiger partial charge in [0.1, 0.15) is 5.75 Å². The maximum absolute atomic E-state index is 13.5. The molecule has 7 rings (SSSR count). The number of nitrogens with one attached hydrogen (secondary N) is 2. The van der Waals surface area contributed by atoms with Crippen LogP contribution in [0.4, 0.5) is 4.79 Å². The number of aromatic nitrogens is 1. The molecule has 2 heterocycles. The quantitative estimate of drug-likeness (QED) is 0.114. The summed E-state index contributed by atoms with van der Waals surface area (Å²) in [6.07, 6.45) is 2.59. The first kappa shape index (κ1) is 36.2. The molecule has 268 valence electrons. The van der Waals surface area contributed by atoms with Crippen LogP contribution in [0.3, 0.4) is 0 Å². The number of ether oxygens (including phenoxy) is 1. The Labute approximate surface area is 317 Å². The van der Waals surface area contributed by atoms with Crippen molar-refractivity contribution in [3.8, 4) is 5.75 Å². The van der Waals surface area contributed by atoms with Crippen LogP contribution in [0.25, 0.3) is 17.0 Å². The van der Waals surface area contributed by atoms with Crippen molar-refractivity contribution in [1.29, 1.82) is 0 Å². The first-order chi connectivity index (χ1) is 25.7. The number of aryl methyl sites for hydroxylation is 1. The van der Waals surface area contributed by atoms with Gasteiger partial charge >= 0.3 is 0 Å². The van der Waals surface area contributed by atoms with E-state index in [1.807, 2.05) is 84.9 Å². The van der Waals surface area contributed by atoms with Crippen molar-refractivity contribution < 1.29 is 22.7 Å². The SMILES string of the molecule is Cc1ccccc1S(=O)(=O)NCCc1c(CCOc2ccc(C=C3SC(=O)NC3=O)cc2)c2cc(Cl)ccc2n1C(c1ccccc1)c1ccccc1. The molecule has 8 nitrogen and oxygen atoms in total. The number of amides is 2. The molecule has 0 aliphatic carbocycles. The van der Waals surface area contributed by atoms with Gasteiger partial charge in [-0.25, -0.2) is 13.1 Å². The van der Waals surface area contributed by atoms with Crippen molar-refractivity contribution in [2.24, 2.45) is 0 Å². The zero-order valence-electron chi connectivity index (χ0n) is 28.8. The maximum Gasteiger partial charge on any atom is 0.290 e. The van der Waals surface area contributed by atoms with Gasteiger partial charge in [0.05, 0.1) is 22.4 Å². The van der Waals surface area contributed by atoms with E-state index < -0.39 is 15.9 Å². The maximum atomic E-state index is 13.5. The van der Waals surface area contributed by atoms with Gasteiger partial charge in [-0.05, 0) is 89.0 Å². The summed E-state index contributed by atoms with van der Waals surface area (Å²) in [7, 11) is -3.77. The Morgan fingerprint density at radius 3 is 2.15 bits per heavy atom. The Morgan fingerprint density at radius 1 is 0.849 bits per heavy atom. The van der Waals surface area contributed by atoms with Crippen molar-refractivity contribution in [3.05, 3.63) is 171 Å². The van der Waals surface area contributed by atoms with E-state index in [9.17, 15) is 18.0 Å². The van der Waals surface area contributed by atoms with Crippen LogP contribution in [0, 0.1) is 6.92 Å². The van der Waals surface area contributed by atoms with Crippen LogP contribution in [0.5, 0.6) is 5.75 Å². The summed E-state index contributed by atoms with van der Waals surface area (Å²) in [4.78, 5) is 24.1. The Balaban J connectivity index is 1.25. The van der Waals surface area contributed by atoms with E-state index >= 15 is 0 Å². The van der Waals surface area contributed by atoms with Crippen molar-refractivity contribution in [1.82, 2.24) is 14.6 Å². The van der Waals surface area contributed by atoms with Gasteiger partial charge in [0.2, 0.25) is 10.0 Å². The number of thioether (sulfide) groups is 1. The number of rotatable bonds is 13. The highest BCUT2D eigenvalue weighted by atomic mass is 35.5. The summed E-state index contributed by atoms with van der Waals surface area (Å²) in [6, 6.07) is 40.5. The van der Waals surface area contributed by atoms with Crippen LogP contribution in [-0.4, -0.2) is 37.3 Å². The minimum atomic E-state index is -3.77. The molecule has 53 heavy (non-hydrogen) atoms. The van der Waals surface area contributed by atoms with Crippen molar-refractivity contribution >= 4 is 61.5 Å². The smallest absolute Gasteiger partial charge is 0.290 e. The molecule has 0 saturated carbocycles. The summed E-state index contributed by atoms with van der Waals surface area (Å²) in [5.74, 6) is 0.243. The van der Waals surface area contributed by atoms with E-state index in [0.717, 1.165) is 50.6 Å². The van der Waals surface area contributed by atoms with Crippen LogP contribution >= 0.6 is 23.4 Å². The minimum absolute atomic E-state index is 0.170. The largest absolute Gasteiger partial charge is 0.493 e. The molecule has 0 atom stereocenters. The van der Waals surface area contributed by atoms with Gasteiger partial charge in [0.15, 0.2) is 0 Å². The molecule has 1 fully saturated rings. The lowest BCUT2D eigenvalue weighted by Crippen LogP contribution is -2.28. The summed E-state index contributed by atoms with van der Waals surface area (Å²) in [6.45, 7) is 2.30. The van der Waals surface area contributed by atoms with Gasteiger partial charge in [0.25, 0.3) is 11.1 Å². The number of halogens is 1. The molecule has 1 aromatic heterocycles. The third-order valence-electron chi connectivity index (χ3n) is 9.15. The molecule has 6 aromatic rings. The number of sulfonamides is 1. The topological polar surface area (TPSA) is 106 Å². The number of carbonyl (C=O) groups excluding carboxylic acids is 2. The third kappa shape index (κ3) is 8.11. The van der Waals surface area contributed by atoms with E-state index in [1.165, 1.54) is 0 Å². The lowest BCUT2D eigenvalue weighted by atomic mass is 9.97. The molecular formula is C42H36ClN3O5S2. The van der Waals surface area contributed by atoms with Crippen LogP contribution in [0.15, 0.2) is 137 Å². The summed E-state index contributed by atoms with van der Waals surface area (Å²) in [5, 5.41) is 3.45. The highest BCUT2D eigenvalue weighted by Gasteiger charge is 2.27. The normalized spacial score (nSPS) is 14.0. The molecule has 1 saturated heterocycles. The van der Waals surface area contributed by atoms with E-state index in [0.29, 0.717) is 40.7 Å². The molecular weight excluding hydrogens is 726 g/mol. The second-order valence-electron chi connectivity index (χ2n) is 12.6. The highest BCUT2D eigenvalue weighted by Crippen LogP contribution is 2.38. The van der Waals surface area contributed by atoms with E-state index in [2.05, 4.69) is 38.9 Å². The Bertz CT molecular complexity index is 2390. The molecule has 5 aromatic carbocycles. The standard InChI is InChI=1S/C42H36ClN3O5S2/c1-28-10-8-9-15-39(28)53(49,50)44-24-22-37-34(23-25-51-33-19-16-29(17-20-33)26-38-41(47)45-42(48)52-38)35-27-32(43)18-21-36(35)46(37)40(30-11-4-2-5-12-30)31-13-6-3-7-14-31/h2-21,26-27,40,44H,22-25H2,1H3,(H,45,47,48). The molecule has 2 N–H and O–H groups in total. The Morgan fingerprint density at radius 2 is 1.51 bits per heavy atom. The van der Waals surface area contributed by atoms with Crippen LogP contribution in [0.1, 0.15) is 39.6 Å².